The van der Waals surface area contributed by atoms with E-state index in [1.54, 1.807) is 6.20 Å². The molecule has 1 unspecified atom stereocenters. The second-order valence-electron chi connectivity index (χ2n) is 7.16. The molecule has 132 valence electrons. The monoisotopic (exact) mass is 337 g/mol. The first kappa shape index (κ1) is 17.5. The lowest BCUT2D eigenvalue weighted by atomic mass is 9.98. The largest absolute Gasteiger partial charge is 0.372 e. The van der Waals surface area contributed by atoms with E-state index in [4.69, 9.17) is 0 Å². The van der Waals surface area contributed by atoms with E-state index in [1.807, 2.05) is 30.5 Å². The Bertz CT molecular complexity index is 676. The molecule has 1 aromatic carbocycles. The fraction of sp³-hybridized carbons (Fsp3) is 0.429. The minimum Gasteiger partial charge on any atom is -0.372 e. The number of aromatic nitrogens is 1. The molecule has 0 bridgehead atoms. The van der Waals surface area contributed by atoms with Crippen molar-refractivity contribution < 1.29 is 4.79 Å². The van der Waals surface area contributed by atoms with Crippen molar-refractivity contribution in [3.05, 3.63) is 54.4 Å². The molecule has 1 aromatic heterocycles. The molecule has 0 radical (unpaired) electrons. The minimum absolute atomic E-state index is 0.0379. The molecule has 0 aliphatic carbocycles. The smallest absolute Gasteiger partial charge is 0.224 e. The molecule has 0 saturated carbocycles. The minimum atomic E-state index is 0.0379. The summed E-state index contributed by atoms with van der Waals surface area (Å²) in [6, 6.07) is 12.1. The van der Waals surface area contributed by atoms with E-state index in [0.717, 1.165) is 30.3 Å². The van der Waals surface area contributed by atoms with E-state index in [1.165, 1.54) is 18.5 Å². The van der Waals surface area contributed by atoms with Crippen LogP contribution in [0.3, 0.4) is 0 Å². The molecule has 1 amide bonds. The molecule has 2 heterocycles. The number of nitrogens with zero attached hydrogens (tertiary/aromatic N) is 2. The lowest BCUT2D eigenvalue weighted by molar-refractivity contribution is -0.116. The van der Waals surface area contributed by atoms with Crippen LogP contribution in [-0.2, 0) is 4.79 Å². The van der Waals surface area contributed by atoms with Crippen molar-refractivity contribution in [3.63, 3.8) is 0 Å². The molecule has 4 heteroatoms. The molecule has 3 rings (SSSR count). The number of nitrogens with one attached hydrogen (secondary N) is 1. The lowest BCUT2D eigenvalue weighted by Crippen LogP contribution is -2.32. The SMILES string of the molecule is CC1CCN(c2ccc(NC(=O)CC(C)c3cccnc3)cc2)CC1. The van der Waals surface area contributed by atoms with Gasteiger partial charge < -0.3 is 10.2 Å². The number of amides is 1. The third kappa shape index (κ3) is 4.81. The number of rotatable bonds is 5. The van der Waals surface area contributed by atoms with E-state index >= 15 is 0 Å². The predicted octanol–water partition coefficient (Wildman–Crippen LogP) is 4.45. The molecular weight excluding hydrogens is 310 g/mol. The Kier molecular flexibility index (Phi) is 5.69. The summed E-state index contributed by atoms with van der Waals surface area (Å²) in [7, 11) is 0. The molecule has 1 saturated heterocycles. The summed E-state index contributed by atoms with van der Waals surface area (Å²) in [4.78, 5) is 18.8. The average Bonchev–Trinajstić information content (AvgIpc) is 2.64. The van der Waals surface area contributed by atoms with Crippen molar-refractivity contribution in [1.82, 2.24) is 4.98 Å². The van der Waals surface area contributed by atoms with Gasteiger partial charge in [0.15, 0.2) is 0 Å². The maximum Gasteiger partial charge on any atom is 0.224 e. The van der Waals surface area contributed by atoms with Crippen molar-refractivity contribution in [2.24, 2.45) is 5.92 Å². The molecule has 1 aliphatic heterocycles. The number of carbonyl (C=O) groups excluding carboxylic acids is 1. The van der Waals surface area contributed by atoms with Gasteiger partial charge in [0.2, 0.25) is 5.91 Å². The van der Waals surface area contributed by atoms with Crippen molar-refractivity contribution in [1.29, 1.82) is 0 Å². The van der Waals surface area contributed by atoms with Crippen LogP contribution in [0.5, 0.6) is 0 Å². The van der Waals surface area contributed by atoms with E-state index in [2.05, 4.69) is 41.2 Å². The summed E-state index contributed by atoms with van der Waals surface area (Å²) in [5.74, 6) is 1.02. The summed E-state index contributed by atoms with van der Waals surface area (Å²) in [5.41, 5.74) is 3.19. The van der Waals surface area contributed by atoms with Gasteiger partial charge in [-0.3, -0.25) is 9.78 Å². The van der Waals surface area contributed by atoms with Crippen LogP contribution in [0.15, 0.2) is 48.8 Å². The Morgan fingerprint density at radius 1 is 1.24 bits per heavy atom. The summed E-state index contributed by atoms with van der Waals surface area (Å²) in [6.45, 7) is 6.62. The van der Waals surface area contributed by atoms with Gasteiger partial charge >= 0.3 is 0 Å². The first-order valence-electron chi connectivity index (χ1n) is 9.16. The van der Waals surface area contributed by atoms with E-state index in [0.29, 0.717) is 6.42 Å². The lowest BCUT2D eigenvalue weighted by Gasteiger charge is -2.32. The second-order valence-corrected chi connectivity index (χ2v) is 7.16. The number of carbonyl (C=O) groups is 1. The van der Waals surface area contributed by atoms with Crippen LogP contribution < -0.4 is 10.2 Å². The highest BCUT2D eigenvalue weighted by atomic mass is 16.1. The van der Waals surface area contributed by atoms with Crippen molar-refractivity contribution >= 4 is 17.3 Å². The molecule has 2 aromatic rings. The number of benzene rings is 1. The van der Waals surface area contributed by atoms with Gasteiger partial charge in [0.25, 0.3) is 0 Å². The molecule has 25 heavy (non-hydrogen) atoms. The Morgan fingerprint density at radius 2 is 1.96 bits per heavy atom. The van der Waals surface area contributed by atoms with Gasteiger partial charge in [0, 0.05) is 43.3 Å². The molecule has 1 fully saturated rings. The van der Waals surface area contributed by atoms with Gasteiger partial charge in [0.1, 0.15) is 0 Å². The number of piperidine rings is 1. The van der Waals surface area contributed by atoms with Crippen LogP contribution in [-0.4, -0.2) is 24.0 Å². The fourth-order valence-corrected chi connectivity index (χ4v) is 3.30. The Labute approximate surface area is 150 Å². The van der Waals surface area contributed by atoms with Crippen molar-refractivity contribution in [2.75, 3.05) is 23.3 Å². The van der Waals surface area contributed by atoms with E-state index < -0.39 is 0 Å². The third-order valence-corrected chi connectivity index (χ3v) is 5.04. The van der Waals surface area contributed by atoms with Crippen LogP contribution in [0.1, 0.15) is 44.6 Å². The highest BCUT2D eigenvalue weighted by molar-refractivity contribution is 5.91. The number of hydrogen-bond donors (Lipinski definition) is 1. The Hall–Kier alpha value is -2.36. The van der Waals surface area contributed by atoms with Crippen LogP contribution >= 0.6 is 0 Å². The Morgan fingerprint density at radius 3 is 2.60 bits per heavy atom. The maximum absolute atomic E-state index is 12.3. The molecule has 1 atom stereocenters. The summed E-state index contributed by atoms with van der Waals surface area (Å²) < 4.78 is 0. The molecular formula is C21H27N3O. The number of hydrogen-bond acceptors (Lipinski definition) is 3. The predicted molar refractivity (Wildman–Crippen MR) is 103 cm³/mol. The quantitative estimate of drug-likeness (QED) is 0.877. The molecule has 4 nitrogen and oxygen atoms in total. The van der Waals surface area contributed by atoms with Gasteiger partial charge in [-0.2, -0.15) is 0 Å². The normalized spacial score (nSPS) is 16.5. The van der Waals surface area contributed by atoms with Crippen LogP contribution in [0.25, 0.3) is 0 Å². The average molecular weight is 337 g/mol. The standard InChI is InChI=1S/C21H27N3O/c1-16-9-12-24(13-10-16)20-7-5-19(6-8-20)23-21(25)14-17(2)18-4-3-11-22-15-18/h3-8,11,15-17H,9-10,12-14H2,1-2H3,(H,23,25). The zero-order valence-electron chi connectivity index (χ0n) is 15.1. The molecule has 0 spiro atoms. The topological polar surface area (TPSA) is 45.2 Å². The zero-order chi connectivity index (χ0) is 17.6. The summed E-state index contributed by atoms with van der Waals surface area (Å²) >= 11 is 0. The van der Waals surface area contributed by atoms with Crippen LogP contribution in [0, 0.1) is 5.92 Å². The zero-order valence-corrected chi connectivity index (χ0v) is 15.1. The van der Waals surface area contributed by atoms with Gasteiger partial charge in [0.05, 0.1) is 0 Å². The van der Waals surface area contributed by atoms with Gasteiger partial charge in [-0.05, 0) is 60.6 Å². The number of anilines is 2. The Balaban J connectivity index is 1.53. The van der Waals surface area contributed by atoms with E-state index in [-0.39, 0.29) is 11.8 Å². The van der Waals surface area contributed by atoms with Crippen molar-refractivity contribution in [3.8, 4) is 0 Å². The molecule has 1 N–H and O–H groups in total. The fourth-order valence-electron chi connectivity index (χ4n) is 3.30. The summed E-state index contributed by atoms with van der Waals surface area (Å²) in [5, 5.41) is 3.00. The first-order chi connectivity index (χ1) is 12.1. The van der Waals surface area contributed by atoms with E-state index in [9.17, 15) is 4.79 Å². The van der Waals surface area contributed by atoms with Gasteiger partial charge in [-0.25, -0.2) is 0 Å². The first-order valence-corrected chi connectivity index (χ1v) is 9.16. The van der Waals surface area contributed by atoms with Crippen molar-refractivity contribution in [2.45, 2.75) is 39.0 Å². The van der Waals surface area contributed by atoms with Crippen LogP contribution in [0.2, 0.25) is 0 Å². The summed E-state index contributed by atoms with van der Waals surface area (Å²) in [6.07, 6.45) is 6.54. The van der Waals surface area contributed by atoms with Gasteiger partial charge in [-0.15, -0.1) is 0 Å². The van der Waals surface area contributed by atoms with Crippen LogP contribution in [0.4, 0.5) is 11.4 Å². The second kappa shape index (κ2) is 8.15. The highest BCUT2D eigenvalue weighted by Gasteiger charge is 2.16. The van der Waals surface area contributed by atoms with Gasteiger partial charge in [-0.1, -0.05) is 19.9 Å². The maximum atomic E-state index is 12.3. The third-order valence-electron chi connectivity index (χ3n) is 5.04. The number of pyridine rings is 1. The molecule has 1 aliphatic rings. The highest BCUT2D eigenvalue weighted by Crippen LogP contribution is 2.25.